The maximum atomic E-state index is 10.4. The van der Waals surface area contributed by atoms with Crippen LogP contribution in [0.2, 0.25) is 0 Å². The van der Waals surface area contributed by atoms with E-state index in [4.69, 9.17) is 10.5 Å². The van der Waals surface area contributed by atoms with Gasteiger partial charge in [-0.3, -0.25) is 4.79 Å². The molecule has 15 heavy (non-hydrogen) atoms. The van der Waals surface area contributed by atoms with Gasteiger partial charge in [0, 0.05) is 6.08 Å². The van der Waals surface area contributed by atoms with Gasteiger partial charge in [-0.05, 0) is 17.7 Å². The van der Waals surface area contributed by atoms with Crippen molar-refractivity contribution in [2.24, 2.45) is 5.73 Å². The fourth-order valence-corrected chi connectivity index (χ4v) is 1.06. The van der Waals surface area contributed by atoms with Crippen molar-refractivity contribution in [3.05, 3.63) is 48.1 Å². The monoisotopic (exact) mass is 203 g/mol. The molecular formula is C12H13NO2. The molecule has 0 unspecified atom stereocenters. The van der Waals surface area contributed by atoms with Gasteiger partial charge >= 0.3 is 0 Å². The number of carbonyl (C=O) groups is 1. The second-order valence-corrected chi connectivity index (χ2v) is 2.90. The molecule has 0 spiro atoms. The molecule has 0 saturated heterocycles. The predicted molar refractivity (Wildman–Crippen MR) is 60.4 cm³/mol. The van der Waals surface area contributed by atoms with E-state index in [0.717, 1.165) is 11.3 Å². The summed E-state index contributed by atoms with van der Waals surface area (Å²) >= 11 is 0. The van der Waals surface area contributed by atoms with Crippen molar-refractivity contribution in [1.29, 1.82) is 0 Å². The van der Waals surface area contributed by atoms with Crippen molar-refractivity contribution in [2.75, 3.05) is 7.11 Å². The first-order valence-electron chi connectivity index (χ1n) is 4.50. The molecule has 0 aromatic heterocycles. The highest BCUT2D eigenvalue weighted by molar-refractivity contribution is 5.86. The molecule has 1 aromatic carbocycles. The third-order valence-corrected chi connectivity index (χ3v) is 1.75. The van der Waals surface area contributed by atoms with Crippen LogP contribution < -0.4 is 10.5 Å². The van der Waals surface area contributed by atoms with E-state index in [1.54, 1.807) is 19.3 Å². The van der Waals surface area contributed by atoms with Crippen molar-refractivity contribution < 1.29 is 9.53 Å². The van der Waals surface area contributed by atoms with E-state index in [0.29, 0.717) is 0 Å². The molecule has 1 amide bonds. The largest absolute Gasteiger partial charge is 0.497 e. The first kappa shape index (κ1) is 11.0. The average Bonchev–Trinajstić information content (AvgIpc) is 2.24. The molecule has 0 heterocycles. The summed E-state index contributed by atoms with van der Waals surface area (Å²) in [5.74, 6) is 0.348. The van der Waals surface area contributed by atoms with E-state index < -0.39 is 5.91 Å². The Morgan fingerprint density at radius 1 is 1.40 bits per heavy atom. The fraction of sp³-hybridized carbons (Fsp3) is 0.0833. The number of allylic oxidation sites excluding steroid dienone is 2. The van der Waals surface area contributed by atoms with Gasteiger partial charge in [0.1, 0.15) is 5.75 Å². The van der Waals surface area contributed by atoms with Crippen LogP contribution in [0.4, 0.5) is 0 Å². The van der Waals surface area contributed by atoms with Crippen LogP contribution in [-0.4, -0.2) is 13.0 Å². The van der Waals surface area contributed by atoms with Gasteiger partial charge < -0.3 is 10.5 Å². The van der Waals surface area contributed by atoms with Crippen molar-refractivity contribution >= 4 is 12.0 Å². The average molecular weight is 203 g/mol. The number of hydrogen-bond acceptors (Lipinski definition) is 2. The summed E-state index contributed by atoms with van der Waals surface area (Å²) in [7, 11) is 1.62. The molecule has 0 bridgehead atoms. The number of ether oxygens (including phenoxy) is 1. The lowest BCUT2D eigenvalue weighted by Crippen LogP contribution is -2.04. The number of hydrogen-bond donors (Lipinski definition) is 1. The number of benzene rings is 1. The zero-order chi connectivity index (χ0) is 11.1. The van der Waals surface area contributed by atoms with Crippen molar-refractivity contribution in [3.8, 4) is 5.75 Å². The maximum absolute atomic E-state index is 10.4. The Labute approximate surface area is 88.9 Å². The Hall–Kier alpha value is -2.03. The number of primary amides is 1. The third kappa shape index (κ3) is 4.13. The van der Waals surface area contributed by atoms with E-state index in [9.17, 15) is 4.79 Å². The molecule has 0 radical (unpaired) electrons. The number of amides is 1. The lowest BCUT2D eigenvalue weighted by molar-refractivity contribution is -0.113. The smallest absolute Gasteiger partial charge is 0.241 e. The van der Waals surface area contributed by atoms with Crippen LogP contribution in [0.25, 0.3) is 6.08 Å². The molecule has 0 aliphatic heterocycles. The number of rotatable bonds is 4. The van der Waals surface area contributed by atoms with Gasteiger partial charge in [-0.15, -0.1) is 0 Å². The number of nitrogens with two attached hydrogens (primary N) is 1. The molecule has 2 N–H and O–H groups in total. The molecule has 0 saturated carbocycles. The summed E-state index contributed by atoms with van der Waals surface area (Å²) in [6.45, 7) is 0. The Kier molecular flexibility index (Phi) is 4.16. The van der Waals surface area contributed by atoms with Crippen molar-refractivity contribution in [2.45, 2.75) is 0 Å². The van der Waals surface area contributed by atoms with Crippen molar-refractivity contribution in [3.63, 3.8) is 0 Å². The number of methoxy groups -OCH3 is 1. The van der Waals surface area contributed by atoms with Gasteiger partial charge in [-0.25, -0.2) is 0 Å². The second-order valence-electron chi connectivity index (χ2n) is 2.90. The quantitative estimate of drug-likeness (QED) is 0.598. The third-order valence-electron chi connectivity index (χ3n) is 1.75. The van der Waals surface area contributed by atoms with E-state index in [-0.39, 0.29) is 0 Å². The van der Waals surface area contributed by atoms with Crippen LogP contribution in [-0.2, 0) is 4.79 Å². The molecule has 78 valence electrons. The SMILES string of the molecule is COc1cccc(/C=C/C=C/C(N)=O)c1. The molecule has 0 aliphatic rings. The summed E-state index contributed by atoms with van der Waals surface area (Å²) in [6.07, 6.45) is 6.51. The Bertz CT molecular complexity index is 394. The van der Waals surface area contributed by atoms with Crippen molar-refractivity contribution in [1.82, 2.24) is 0 Å². The van der Waals surface area contributed by atoms with E-state index >= 15 is 0 Å². The van der Waals surface area contributed by atoms with Crippen LogP contribution in [0, 0.1) is 0 Å². The highest BCUT2D eigenvalue weighted by Gasteiger charge is 1.90. The van der Waals surface area contributed by atoms with Crippen LogP contribution >= 0.6 is 0 Å². The highest BCUT2D eigenvalue weighted by Crippen LogP contribution is 2.13. The molecule has 1 rings (SSSR count). The molecule has 0 atom stereocenters. The zero-order valence-corrected chi connectivity index (χ0v) is 8.51. The summed E-state index contributed by atoms with van der Waals surface area (Å²) in [5.41, 5.74) is 5.94. The van der Waals surface area contributed by atoms with Crippen LogP contribution in [0.15, 0.2) is 42.5 Å². The van der Waals surface area contributed by atoms with E-state index in [1.165, 1.54) is 6.08 Å². The molecule has 0 aliphatic carbocycles. The van der Waals surface area contributed by atoms with Gasteiger partial charge in [0.15, 0.2) is 0 Å². The predicted octanol–water partition coefficient (Wildman–Crippen LogP) is 1.75. The molecular weight excluding hydrogens is 190 g/mol. The molecule has 0 fully saturated rings. The Balaban J connectivity index is 2.67. The minimum atomic E-state index is -0.453. The topological polar surface area (TPSA) is 52.3 Å². The van der Waals surface area contributed by atoms with Crippen LogP contribution in [0.5, 0.6) is 5.75 Å². The summed E-state index contributed by atoms with van der Waals surface area (Å²) in [6, 6.07) is 7.61. The Morgan fingerprint density at radius 3 is 2.87 bits per heavy atom. The summed E-state index contributed by atoms with van der Waals surface area (Å²) in [5, 5.41) is 0. The highest BCUT2D eigenvalue weighted by atomic mass is 16.5. The van der Waals surface area contributed by atoms with Gasteiger partial charge in [0.05, 0.1) is 7.11 Å². The lowest BCUT2D eigenvalue weighted by atomic mass is 10.2. The summed E-state index contributed by atoms with van der Waals surface area (Å²) in [4.78, 5) is 10.4. The molecule has 3 heteroatoms. The fourth-order valence-electron chi connectivity index (χ4n) is 1.06. The van der Waals surface area contributed by atoms with Gasteiger partial charge in [-0.2, -0.15) is 0 Å². The maximum Gasteiger partial charge on any atom is 0.241 e. The second kappa shape index (κ2) is 5.65. The minimum Gasteiger partial charge on any atom is -0.497 e. The van der Waals surface area contributed by atoms with Crippen LogP contribution in [0.1, 0.15) is 5.56 Å². The lowest BCUT2D eigenvalue weighted by Gasteiger charge is -1.99. The summed E-state index contributed by atoms with van der Waals surface area (Å²) < 4.78 is 5.07. The van der Waals surface area contributed by atoms with E-state index in [2.05, 4.69) is 0 Å². The van der Waals surface area contributed by atoms with Gasteiger partial charge in [0.2, 0.25) is 5.91 Å². The minimum absolute atomic E-state index is 0.453. The van der Waals surface area contributed by atoms with Crippen LogP contribution in [0.3, 0.4) is 0 Å². The van der Waals surface area contributed by atoms with E-state index in [1.807, 2.05) is 30.3 Å². The first-order valence-corrected chi connectivity index (χ1v) is 4.50. The first-order chi connectivity index (χ1) is 7.22. The Morgan fingerprint density at radius 2 is 2.20 bits per heavy atom. The van der Waals surface area contributed by atoms with Gasteiger partial charge in [-0.1, -0.05) is 30.4 Å². The zero-order valence-electron chi connectivity index (χ0n) is 8.51. The standard InChI is InChI=1S/C12H13NO2/c1-15-11-7-4-6-10(9-11)5-2-3-8-12(13)14/h2-9H,1H3,(H2,13,14)/b5-2+,8-3+. The molecule has 1 aromatic rings. The normalized spacial score (nSPS) is 11.0. The molecule has 3 nitrogen and oxygen atoms in total. The van der Waals surface area contributed by atoms with Gasteiger partial charge in [0.25, 0.3) is 0 Å². The number of carbonyl (C=O) groups excluding carboxylic acids is 1.